The first-order chi connectivity index (χ1) is 11.1. The van der Waals surface area contributed by atoms with E-state index in [1.165, 1.54) is 30.7 Å². The first-order valence-corrected chi connectivity index (χ1v) is 7.45. The van der Waals surface area contributed by atoms with E-state index < -0.39 is 5.91 Å². The second-order valence-corrected chi connectivity index (χ2v) is 5.62. The highest BCUT2D eigenvalue weighted by Crippen LogP contribution is 2.29. The summed E-state index contributed by atoms with van der Waals surface area (Å²) in [5.74, 6) is 0.419. The summed E-state index contributed by atoms with van der Waals surface area (Å²) in [5.41, 5.74) is 0.521. The fourth-order valence-electron chi connectivity index (χ4n) is 2.00. The van der Waals surface area contributed by atoms with Crippen LogP contribution < -0.4 is 20.2 Å². The van der Waals surface area contributed by atoms with Gasteiger partial charge in [-0.05, 0) is 18.2 Å². The molecule has 0 aliphatic carbocycles. The van der Waals surface area contributed by atoms with E-state index in [1.54, 1.807) is 13.2 Å². The van der Waals surface area contributed by atoms with Gasteiger partial charge in [0.1, 0.15) is 11.4 Å². The number of pyridine rings is 1. The third-order valence-corrected chi connectivity index (χ3v) is 4.09. The van der Waals surface area contributed by atoms with Gasteiger partial charge in [0.2, 0.25) is 5.43 Å². The summed E-state index contributed by atoms with van der Waals surface area (Å²) in [4.78, 5) is 30.9. The van der Waals surface area contributed by atoms with Crippen LogP contribution in [0, 0.1) is 0 Å². The van der Waals surface area contributed by atoms with Gasteiger partial charge in [0.25, 0.3) is 5.91 Å². The number of carbonyl (C=O) groups is 1. The Kier molecular flexibility index (Phi) is 3.98. The maximum absolute atomic E-state index is 12.2. The zero-order chi connectivity index (χ0) is 16.4. The number of hydrogen-bond acceptors (Lipinski definition) is 6. The van der Waals surface area contributed by atoms with Crippen molar-refractivity contribution in [3.63, 3.8) is 0 Å². The Morgan fingerprint density at radius 2 is 2.09 bits per heavy atom. The standard InChI is InChI=1S/C15H13N3O4S/c1-21-8-3-4-9-13(5-8)23-15(17-9)18-14(20)10-6-11(19)12(22-2)7-16-10/h3-7H,1-2H3,(H,16,19)(H,17,18,20). The average molecular weight is 331 g/mol. The number of nitrogens with one attached hydrogen (secondary N) is 2. The van der Waals surface area contributed by atoms with Crippen molar-refractivity contribution in [1.82, 2.24) is 9.97 Å². The van der Waals surface area contributed by atoms with Crippen LogP contribution in [-0.4, -0.2) is 30.1 Å². The zero-order valence-corrected chi connectivity index (χ0v) is 13.2. The van der Waals surface area contributed by atoms with E-state index in [1.807, 2.05) is 12.1 Å². The molecular weight excluding hydrogens is 318 g/mol. The van der Waals surface area contributed by atoms with Crippen LogP contribution in [-0.2, 0) is 0 Å². The second kappa shape index (κ2) is 6.09. The van der Waals surface area contributed by atoms with E-state index in [9.17, 15) is 9.59 Å². The molecule has 0 saturated heterocycles. The molecule has 118 valence electrons. The molecule has 3 rings (SSSR count). The lowest BCUT2D eigenvalue weighted by molar-refractivity contribution is 0.102. The lowest BCUT2D eigenvalue weighted by atomic mass is 10.3. The molecule has 0 unspecified atom stereocenters. The predicted octanol–water partition coefficient (Wildman–Crippen LogP) is 2.25. The maximum atomic E-state index is 12.2. The molecule has 0 bridgehead atoms. The van der Waals surface area contributed by atoms with Crippen LogP contribution in [0.3, 0.4) is 0 Å². The van der Waals surface area contributed by atoms with Crippen molar-refractivity contribution in [3.8, 4) is 11.5 Å². The number of carbonyl (C=O) groups excluding carboxylic acids is 1. The number of ether oxygens (including phenoxy) is 2. The zero-order valence-electron chi connectivity index (χ0n) is 12.4. The molecule has 7 nitrogen and oxygen atoms in total. The molecule has 2 heterocycles. The molecule has 0 fully saturated rings. The third-order valence-electron chi connectivity index (χ3n) is 3.16. The number of aromatic nitrogens is 2. The Hall–Kier alpha value is -2.87. The fraction of sp³-hybridized carbons (Fsp3) is 0.133. The highest BCUT2D eigenvalue weighted by molar-refractivity contribution is 7.22. The molecule has 23 heavy (non-hydrogen) atoms. The Labute approximate surface area is 134 Å². The Morgan fingerprint density at radius 3 is 2.78 bits per heavy atom. The van der Waals surface area contributed by atoms with E-state index in [4.69, 9.17) is 9.47 Å². The second-order valence-electron chi connectivity index (χ2n) is 4.59. The monoisotopic (exact) mass is 331 g/mol. The molecule has 8 heteroatoms. The van der Waals surface area contributed by atoms with Gasteiger partial charge >= 0.3 is 0 Å². The number of benzene rings is 1. The Balaban J connectivity index is 1.85. The quantitative estimate of drug-likeness (QED) is 0.765. The van der Waals surface area contributed by atoms with E-state index >= 15 is 0 Å². The first-order valence-electron chi connectivity index (χ1n) is 6.63. The van der Waals surface area contributed by atoms with Crippen molar-refractivity contribution in [2.24, 2.45) is 0 Å². The van der Waals surface area contributed by atoms with E-state index in [0.29, 0.717) is 5.13 Å². The number of anilines is 1. The summed E-state index contributed by atoms with van der Waals surface area (Å²) in [5, 5.41) is 3.11. The molecule has 0 spiro atoms. The average Bonchev–Trinajstić information content (AvgIpc) is 2.95. The van der Waals surface area contributed by atoms with Crippen molar-refractivity contribution in [1.29, 1.82) is 0 Å². The van der Waals surface area contributed by atoms with Crippen molar-refractivity contribution >= 4 is 32.6 Å². The SMILES string of the molecule is COc1ccc2nc(NC(=O)c3cc(=O)c(OC)c[nH]3)sc2c1. The molecular formula is C15H13N3O4S. The van der Waals surface area contributed by atoms with Crippen LogP contribution in [0.5, 0.6) is 11.5 Å². The highest BCUT2D eigenvalue weighted by Gasteiger charge is 2.12. The van der Waals surface area contributed by atoms with Gasteiger partial charge in [-0.3, -0.25) is 14.9 Å². The van der Waals surface area contributed by atoms with Gasteiger partial charge in [0.15, 0.2) is 10.9 Å². The summed E-state index contributed by atoms with van der Waals surface area (Å²) >= 11 is 1.32. The highest BCUT2D eigenvalue weighted by atomic mass is 32.1. The van der Waals surface area contributed by atoms with E-state index in [2.05, 4.69) is 15.3 Å². The van der Waals surface area contributed by atoms with Crippen molar-refractivity contribution in [2.45, 2.75) is 0 Å². The number of rotatable bonds is 4. The number of methoxy groups -OCH3 is 2. The number of aromatic amines is 1. The minimum Gasteiger partial charge on any atom is -0.497 e. The van der Waals surface area contributed by atoms with Gasteiger partial charge in [-0.1, -0.05) is 11.3 Å². The van der Waals surface area contributed by atoms with Gasteiger partial charge in [-0.2, -0.15) is 0 Å². The van der Waals surface area contributed by atoms with Gasteiger partial charge in [0, 0.05) is 12.3 Å². The largest absolute Gasteiger partial charge is 0.497 e. The molecule has 0 aliphatic heterocycles. The molecule has 0 radical (unpaired) electrons. The van der Waals surface area contributed by atoms with Crippen LogP contribution in [0.4, 0.5) is 5.13 Å². The molecule has 1 amide bonds. The van der Waals surface area contributed by atoms with Crippen LogP contribution in [0.1, 0.15) is 10.5 Å². The third kappa shape index (κ3) is 3.02. The molecule has 2 N–H and O–H groups in total. The number of thiazole rings is 1. The Bertz CT molecular complexity index is 932. The number of H-pyrrole nitrogens is 1. The number of fused-ring (bicyclic) bond motifs is 1. The molecule has 0 aliphatic rings. The lowest BCUT2D eigenvalue weighted by Crippen LogP contribution is -2.17. The van der Waals surface area contributed by atoms with Crippen molar-refractivity contribution in [2.75, 3.05) is 19.5 Å². The lowest BCUT2D eigenvalue weighted by Gasteiger charge is -2.03. The molecule has 2 aromatic heterocycles. The van der Waals surface area contributed by atoms with Crippen LogP contribution in [0.2, 0.25) is 0 Å². The van der Waals surface area contributed by atoms with E-state index in [0.717, 1.165) is 16.0 Å². The maximum Gasteiger partial charge on any atom is 0.273 e. The van der Waals surface area contributed by atoms with Crippen LogP contribution in [0.25, 0.3) is 10.2 Å². The minimum atomic E-state index is -0.448. The van der Waals surface area contributed by atoms with Gasteiger partial charge in [0.05, 0.1) is 24.4 Å². The fourth-order valence-corrected chi connectivity index (χ4v) is 2.89. The summed E-state index contributed by atoms with van der Waals surface area (Å²) in [6.07, 6.45) is 1.35. The molecule has 0 saturated carbocycles. The number of hydrogen-bond donors (Lipinski definition) is 2. The summed E-state index contributed by atoms with van der Waals surface area (Å²) in [6, 6.07) is 6.65. The summed E-state index contributed by atoms with van der Waals surface area (Å²) < 4.78 is 10.9. The summed E-state index contributed by atoms with van der Waals surface area (Å²) in [6.45, 7) is 0. The number of amides is 1. The normalized spacial score (nSPS) is 10.5. The first kappa shape index (κ1) is 15.0. The minimum absolute atomic E-state index is 0.132. The smallest absolute Gasteiger partial charge is 0.273 e. The van der Waals surface area contributed by atoms with Gasteiger partial charge in [-0.25, -0.2) is 4.98 Å². The van der Waals surface area contributed by atoms with Crippen molar-refractivity contribution in [3.05, 3.63) is 46.4 Å². The van der Waals surface area contributed by atoms with Crippen LogP contribution >= 0.6 is 11.3 Å². The Morgan fingerprint density at radius 1 is 1.26 bits per heavy atom. The van der Waals surface area contributed by atoms with Crippen LogP contribution in [0.15, 0.2) is 35.3 Å². The van der Waals surface area contributed by atoms with E-state index in [-0.39, 0.29) is 16.9 Å². The summed E-state index contributed by atoms with van der Waals surface area (Å²) in [7, 11) is 2.98. The van der Waals surface area contributed by atoms with Crippen molar-refractivity contribution < 1.29 is 14.3 Å². The molecule has 3 aromatic rings. The number of nitrogens with zero attached hydrogens (tertiary/aromatic N) is 1. The van der Waals surface area contributed by atoms with Gasteiger partial charge in [-0.15, -0.1) is 0 Å². The van der Waals surface area contributed by atoms with Gasteiger partial charge < -0.3 is 14.5 Å². The predicted molar refractivity (Wildman–Crippen MR) is 87.7 cm³/mol. The molecule has 0 atom stereocenters. The molecule has 1 aromatic carbocycles. The topological polar surface area (TPSA) is 93.3 Å².